The average Bonchev–Trinajstić information content (AvgIpc) is 2.58. The number of unbranched alkanes of at least 4 members (excludes halogenated alkanes) is 11. The number of aliphatic hydroxyl groups excluding tert-OH is 1. The molecule has 0 aromatic rings. The van der Waals surface area contributed by atoms with E-state index in [-0.39, 0.29) is 35.7 Å². The topological polar surface area (TPSA) is 77.4 Å². The van der Waals surface area contributed by atoms with Crippen molar-refractivity contribution in [2.45, 2.75) is 134 Å². The summed E-state index contributed by atoms with van der Waals surface area (Å²) in [5.41, 5.74) is 0. The van der Waals surface area contributed by atoms with Crippen molar-refractivity contribution in [3.05, 3.63) is 0 Å². The first kappa shape index (κ1) is 30.1. The van der Waals surface area contributed by atoms with Gasteiger partial charge in [0.15, 0.2) is 0 Å². The van der Waals surface area contributed by atoms with Crippen molar-refractivity contribution in [1.29, 1.82) is 0 Å². The number of hydrogen-bond acceptors (Lipinski definition) is 4. The van der Waals surface area contributed by atoms with E-state index in [1.165, 1.54) is 70.6 Å². The molecule has 0 heterocycles. The van der Waals surface area contributed by atoms with Crippen molar-refractivity contribution >= 4 is 10.1 Å². The van der Waals surface area contributed by atoms with Crippen LogP contribution in [0.3, 0.4) is 0 Å². The monoisotopic (exact) mass is 414 g/mol. The zero-order chi connectivity index (χ0) is 19.7. The Bertz CT molecular complexity index is 401. The minimum atomic E-state index is -4.18. The van der Waals surface area contributed by atoms with E-state index < -0.39 is 15.4 Å². The molecule has 0 aliphatic carbocycles. The maximum atomic E-state index is 11.0. The van der Waals surface area contributed by atoms with Crippen molar-refractivity contribution in [2.24, 2.45) is 0 Å². The molecule has 0 fully saturated rings. The molecule has 0 saturated heterocycles. The maximum absolute atomic E-state index is 11.0. The van der Waals surface area contributed by atoms with Gasteiger partial charge in [-0.05, 0) is 32.1 Å². The molecule has 0 aliphatic rings. The molecule has 0 spiro atoms. The molecule has 4 nitrogen and oxygen atoms in total. The zero-order valence-electron chi connectivity index (χ0n) is 18.3. The molecule has 0 aromatic heterocycles. The Morgan fingerprint density at radius 3 is 1.52 bits per heavy atom. The van der Waals surface area contributed by atoms with Gasteiger partial charge in [-0.15, -0.1) is 0 Å². The summed E-state index contributed by atoms with van der Waals surface area (Å²) >= 11 is 0. The van der Waals surface area contributed by atoms with Crippen LogP contribution in [-0.4, -0.2) is 29.4 Å². The largest absolute Gasteiger partial charge is 1.00 e. The van der Waals surface area contributed by atoms with Gasteiger partial charge in [0.2, 0.25) is 0 Å². The standard InChI is InChI=1S/C21H44O4S.Na/c1-3-5-6-7-8-9-10-11-12-13-14-15-17-20(22)18-16-19-21(4-2)26(23,24)25;/h20-22H,3-19H2,1-2H3,(H,23,24,25);/q;+1/p-1. The van der Waals surface area contributed by atoms with Crippen molar-refractivity contribution in [3.8, 4) is 0 Å². The molecule has 158 valence electrons. The quantitative estimate of drug-likeness (QED) is 0.200. The number of aliphatic hydroxyl groups is 1. The summed E-state index contributed by atoms with van der Waals surface area (Å²) in [6.45, 7) is 3.98. The maximum Gasteiger partial charge on any atom is 1.00 e. The van der Waals surface area contributed by atoms with Crippen molar-refractivity contribution in [2.75, 3.05) is 0 Å². The van der Waals surface area contributed by atoms with E-state index in [4.69, 9.17) is 0 Å². The third kappa shape index (κ3) is 19.9. The van der Waals surface area contributed by atoms with Gasteiger partial charge >= 0.3 is 29.6 Å². The van der Waals surface area contributed by atoms with Gasteiger partial charge in [0.1, 0.15) is 0 Å². The van der Waals surface area contributed by atoms with Gasteiger partial charge in [-0.1, -0.05) is 90.9 Å². The SMILES string of the molecule is CCCCCCCCCCCCCCC(O)CCCC(CC)S(=O)(=O)[O-].[Na+]. The fourth-order valence-electron chi connectivity index (χ4n) is 3.50. The van der Waals surface area contributed by atoms with Gasteiger partial charge in [0.25, 0.3) is 0 Å². The molecular formula is C21H43NaO4S. The van der Waals surface area contributed by atoms with Gasteiger partial charge in [0.05, 0.1) is 16.2 Å². The molecule has 2 atom stereocenters. The van der Waals surface area contributed by atoms with Gasteiger partial charge < -0.3 is 9.66 Å². The van der Waals surface area contributed by atoms with Crippen LogP contribution in [0.4, 0.5) is 0 Å². The Hall–Kier alpha value is 0.870. The third-order valence-electron chi connectivity index (χ3n) is 5.32. The minimum absolute atomic E-state index is 0. The van der Waals surface area contributed by atoms with E-state index in [0.29, 0.717) is 25.7 Å². The minimum Gasteiger partial charge on any atom is -0.748 e. The second kappa shape index (κ2) is 20.2. The fourth-order valence-corrected chi connectivity index (χ4v) is 4.36. The normalized spacial score (nSPS) is 13.9. The summed E-state index contributed by atoms with van der Waals surface area (Å²) in [5, 5.41) is 9.18. The Morgan fingerprint density at radius 2 is 1.11 bits per heavy atom. The van der Waals surface area contributed by atoms with Crippen LogP contribution in [0, 0.1) is 0 Å². The Labute approximate surface area is 191 Å². The molecular weight excluding hydrogens is 371 g/mol. The molecule has 0 saturated carbocycles. The van der Waals surface area contributed by atoms with Crippen LogP contribution in [-0.2, 0) is 10.1 Å². The van der Waals surface area contributed by atoms with E-state index >= 15 is 0 Å². The van der Waals surface area contributed by atoms with Crippen LogP contribution in [0.15, 0.2) is 0 Å². The van der Waals surface area contributed by atoms with Crippen molar-refractivity contribution in [3.63, 3.8) is 0 Å². The predicted octanol–water partition coefficient (Wildman–Crippen LogP) is 2.94. The molecule has 6 heteroatoms. The number of rotatable bonds is 19. The van der Waals surface area contributed by atoms with E-state index in [1.54, 1.807) is 6.92 Å². The smallest absolute Gasteiger partial charge is 0.748 e. The van der Waals surface area contributed by atoms with Crippen molar-refractivity contribution < 1.29 is 47.6 Å². The summed E-state index contributed by atoms with van der Waals surface area (Å²) in [6, 6.07) is 0. The summed E-state index contributed by atoms with van der Waals surface area (Å²) in [6.07, 6.45) is 18.1. The first-order valence-electron chi connectivity index (χ1n) is 11.0. The van der Waals surface area contributed by atoms with Crippen LogP contribution in [0.5, 0.6) is 0 Å². The van der Waals surface area contributed by atoms with Crippen LogP contribution in [0.25, 0.3) is 0 Å². The molecule has 1 N–H and O–H groups in total. The molecule has 0 amide bonds. The van der Waals surface area contributed by atoms with Crippen LogP contribution in [0.2, 0.25) is 0 Å². The average molecular weight is 415 g/mol. The van der Waals surface area contributed by atoms with E-state index in [2.05, 4.69) is 6.92 Å². The second-order valence-corrected chi connectivity index (χ2v) is 9.44. The Balaban J connectivity index is 0. The van der Waals surface area contributed by atoms with Crippen molar-refractivity contribution in [1.82, 2.24) is 0 Å². The molecule has 0 aromatic carbocycles. The van der Waals surface area contributed by atoms with E-state index in [1.807, 2.05) is 0 Å². The Morgan fingerprint density at radius 1 is 0.704 bits per heavy atom. The molecule has 27 heavy (non-hydrogen) atoms. The van der Waals surface area contributed by atoms with Gasteiger partial charge in [0, 0.05) is 5.25 Å². The first-order valence-corrected chi connectivity index (χ1v) is 12.5. The summed E-state index contributed by atoms with van der Waals surface area (Å²) in [7, 11) is -4.18. The van der Waals surface area contributed by atoms with Crippen LogP contribution < -0.4 is 29.6 Å². The second-order valence-electron chi connectivity index (χ2n) is 7.79. The molecule has 0 radical (unpaired) electrons. The third-order valence-corrected chi connectivity index (χ3v) is 6.70. The fraction of sp³-hybridized carbons (Fsp3) is 1.00. The molecule has 2 unspecified atom stereocenters. The first-order chi connectivity index (χ1) is 12.4. The summed E-state index contributed by atoms with van der Waals surface area (Å²) < 4.78 is 33.1. The molecule has 0 aliphatic heterocycles. The van der Waals surface area contributed by atoms with Gasteiger partial charge in [-0.2, -0.15) is 0 Å². The Kier molecular flexibility index (Phi) is 22.4. The molecule has 0 bridgehead atoms. The zero-order valence-corrected chi connectivity index (χ0v) is 21.1. The van der Waals surface area contributed by atoms with Crippen LogP contribution >= 0.6 is 0 Å². The van der Waals surface area contributed by atoms with Gasteiger partial charge in [-0.25, -0.2) is 8.42 Å². The van der Waals surface area contributed by atoms with E-state index in [0.717, 1.165) is 12.8 Å². The van der Waals surface area contributed by atoms with E-state index in [9.17, 15) is 18.1 Å². The summed E-state index contributed by atoms with van der Waals surface area (Å²) in [5.74, 6) is 0. The summed E-state index contributed by atoms with van der Waals surface area (Å²) in [4.78, 5) is 0. The number of hydrogen-bond donors (Lipinski definition) is 1. The van der Waals surface area contributed by atoms with Crippen LogP contribution in [0.1, 0.15) is 123 Å². The molecule has 0 rings (SSSR count). The van der Waals surface area contributed by atoms with Gasteiger partial charge in [-0.3, -0.25) is 0 Å². The predicted molar refractivity (Wildman–Crippen MR) is 109 cm³/mol.